The molecule has 0 radical (unpaired) electrons. The van der Waals surface area contributed by atoms with Gasteiger partial charge < -0.3 is 15.5 Å². The standard InChI is InChI=1S/C11H14N2O4/c1-11(17,5-9(14)15)7-13-10(16)8-3-2-4-12-6-8/h2-4,6,17H,5,7H2,1H3,(H,13,16)(H,14,15). The quantitative estimate of drug-likeness (QED) is 0.672. The highest BCUT2D eigenvalue weighted by atomic mass is 16.4. The molecule has 0 spiro atoms. The molecule has 1 aromatic heterocycles. The third-order valence-corrected chi connectivity index (χ3v) is 2.09. The molecule has 0 bridgehead atoms. The lowest BCUT2D eigenvalue weighted by atomic mass is 10.0. The van der Waals surface area contributed by atoms with Gasteiger partial charge in [-0.1, -0.05) is 0 Å². The predicted molar refractivity (Wildman–Crippen MR) is 59.4 cm³/mol. The summed E-state index contributed by atoms with van der Waals surface area (Å²) in [7, 11) is 0. The van der Waals surface area contributed by atoms with Gasteiger partial charge in [-0.3, -0.25) is 14.6 Å². The van der Waals surface area contributed by atoms with E-state index < -0.39 is 23.9 Å². The van der Waals surface area contributed by atoms with Crippen molar-refractivity contribution in [1.29, 1.82) is 0 Å². The van der Waals surface area contributed by atoms with Gasteiger partial charge in [-0.25, -0.2) is 0 Å². The van der Waals surface area contributed by atoms with Crippen LogP contribution in [0.4, 0.5) is 0 Å². The van der Waals surface area contributed by atoms with Gasteiger partial charge in [0.1, 0.15) is 0 Å². The molecule has 0 aliphatic heterocycles. The molecule has 0 aliphatic carbocycles. The van der Waals surface area contributed by atoms with Crippen LogP contribution in [0.15, 0.2) is 24.5 Å². The van der Waals surface area contributed by atoms with Gasteiger partial charge in [0.05, 0.1) is 17.6 Å². The summed E-state index contributed by atoms with van der Waals surface area (Å²) in [4.78, 5) is 25.8. The highest BCUT2D eigenvalue weighted by Gasteiger charge is 2.24. The molecular weight excluding hydrogens is 224 g/mol. The van der Waals surface area contributed by atoms with Crippen LogP contribution in [-0.4, -0.2) is 39.2 Å². The fraction of sp³-hybridized carbons (Fsp3) is 0.364. The third-order valence-electron chi connectivity index (χ3n) is 2.09. The van der Waals surface area contributed by atoms with Crippen molar-refractivity contribution in [3.8, 4) is 0 Å². The van der Waals surface area contributed by atoms with Crippen LogP contribution < -0.4 is 5.32 Å². The number of hydrogen-bond acceptors (Lipinski definition) is 4. The Morgan fingerprint density at radius 2 is 2.24 bits per heavy atom. The largest absolute Gasteiger partial charge is 0.481 e. The number of nitrogens with one attached hydrogen (secondary N) is 1. The Balaban J connectivity index is 2.51. The zero-order valence-corrected chi connectivity index (χ0v) is 9.38. The number of carbonyl (C=O) groups is 2. The second kappa shape index (κ2) is 5.40. The highest BCUT2D eigenvalue weighted by Crippen LogP contribution is 2.07. The first-order chi connectivity index (χ1) is 7.91. The number of carbonyl (C=O) groups excluding carboxylic acids is 1. The Labute approximate surface area is 98.3 Å². The van der Waals surface area contributed by atoms with Gasteiger partial charge in [0.2, 0.25) is 0 Å². The number of carboxylic acids is 1. The molecule has 1 atom stereocenters. The smallest absolute Gasteiger partial charge is 0.306 e. The first-order valence-corrected chi connectivity index (χ1v) is 5.03. The van der Waals surface area contributed by atoms with Gasteiger partial charge in [-0.05, 0) is 19.1 Å². The fourth-order valence-corrected chi connectivity index (χ4v) is 1.26. The van der Waals surface area contributed by atoms with E-state index in [-0.39, 0.29) is 6.54 Å². The van der Waals surface area contributed by atoms with Crippen LogP contribution in [-0.2, 0) is 4.79 Å². The van der Waals surface area contributed by atoms with Crippen LogP contribution in [0, 0.1) is 0 Å². The van der Waals surface area contributed by atoms with Crippen LogP contribution in [0.5, 0.6) is 0 Å². The van der Waals surface area contributed by atoms with Gasteiger partial charge in [0.15, 0.2) is 0 Å². The van der Waals surface area contributed by atoms with Crippen molar-refractivity contribution in [3.63, 3.8) is 0 Å². The van der Waals surface area contributed by atoms with Gasteiger partial charge in [0, 0.05) is 18.9 Å². The highest BCUT2D eigenvalue weighted by molar-refractivity contribution is 5.93. The fourth-order valence-electron chi connectivity index (χ4n) is 1.26. The molecule has 1 aromatic rings. The second-order valence-corrected chi connectivity index (χ2v) is 3.99. The molecule has 0 aromatic carbocycles. The lowest BCUT2D eigenvalue weighted by molar-refractivity contribution is -0.141. The van der Waals surface area contributed by atoms with Crippen LogP contribution >= 0.6 is 0 Å². The Hall–Kier alpha value is -1.95. The number of nitrogens with zero attached hydrogens (tertiary/aromatic N) is 1. The molecule has 92 valence electrons. The molecule has 0 aliphatic rings. The van der Waals surface area contributed by atoms with E-state index in [0.29, 0.717) is 5.56 Å². The van der Waals surface area contributed by atoms with Crippen molar-refractivity contribution in [3.05, 3.63) is 30.1 Å². The number of aliphatic hydroxyl groups is 1. The van der Waals surface area contributed by atoms with Gasteiger partial charge in [-0.15, -0.1) is 0 Å². The molecule has 1 unspecified atom stereocenters. The summed E-state index contributed by atoms with van der Waals surface area (Å²) in [5.74, 6) is -1.52. The first-order valence-electron chi connectivity index (χ1n) is 5.03. The van der Waals surface area contributed by atoms with Crippen LogP contribution in [0.25, 0.3) is 0 Å². The van der Waals surface area contributed by atoms with E-state index in [9.17, 15) is 14.7 Å². The molecule has 0 saturated carbocycles. The van der Waals surface area contributed by atoms with Crippen molar-refractivity contribution in [2.45, 2.75) is 18.9 Å². The van der Waals surface area contributed by atoms with Gasteiger partial charge in [-0.2, -0.15) is 0 Å². The summed E-state index contributed by atoms with van der Waals surface area (Å²) in [6.07, 6.45) is 2.50. The van der Waals surface area contributed by atoms with E-state index in [0.717, 1.165) is 0 Å². The number of hydrogen-bond donors (Lipinski definition) is 3. The number of carboxylic acid groups (broad SMARTS) is 1. The average Bonchev–Trinajstić information content (AvgIpc) is 2.25. The summed E-state index contributed by atoms with van der Waals surface area (Å²) >= 11 is 0. The lowest BCUT2D eigenvalue weighted by Crippen LogP contribution is -2.42. The lowest BCUT2D eigenvalue weighted by Gasteiger charge is -2.21. The average molecular weight is 238 g/mol. The topological polar surface area (TPSA) is 99.5 Å². The van der Waals surface area contributed by atoms with Crippen molar-refractivity contribution < 1.29 is 19.8 Å². The Bertz CT molecular complexity index is 403. The van der Waals surface area contributed by atoms with Crippen molar-refractivity contribution in [2.24, 2.45) is 0 Å². The number of aromatic nitrogens is 1. The molecule has 0 saturated heterocycles. The molecule has 6 nitrogen and oxygen atoms in total. The number of amides is 1. The SMILES string of the molecule is CC(O)(CNC(=O)c1cccnc1)CC(=O)O. The predicted octanol–water partition coefficient (Wildman–Crippen LogP) is 0.0371. The van der Waals surface area contributed by atoms with Crippen LogP contribution in [0.1, 0.15) is 23.7 Å². The van der Waals surface area contributed by atoms with Crippen molar-refractivity contribution >= 4 is 11.9 Å². The normalized spacial score (nSPS) is 13.8. The van der Waals surface area contributed by atoms with Gasteiger partial charge in [0.25, 0.3) is 5.91 Å². The number of aliphatic carboxylic acids is 1. The molecule has 1 amide bonds. The molecule has 1 rings (SSSR count). The Morgan fingerprint density at radius 1 is 1.53 bits per heavy atom. The molecule has 17 heavy (non-hydrogen) atoms. The maximum absolute atomic E-state index is 11.6. The van der Waals surface area contributed by atoms with E-state index >= 15 is 0 Å². The van der Waals surface area contributed by atoms with Gasteiger partial charge >= 0.3 is 5.97 Å². The summed E-state index contributed by atoms with van der Waals surface area (Å²) in [6, 6.07) is 3.19. The summed E-state index contributed by atoms with van der Waals surface area (Å²) in [5, 5.41) is 20.7. The van der Waals surface area contributed by atoms with E-state index in [1.54, 1.807) is 12.1 Å². The minimum Gasteiger partial charge on any atom is -0.481 e. The Morgan fingerprint density at radius 3 is 2.76 bits per heavy atom. The van der Waals surface area contributed by atoms with Crippen molar-refractivity contribution in [1.82, 2.24) is 10.3 Å². The van der Waals surface area contributed by atoms with Crippen LogP contribution in [0.2, 0.25) is 0 Å². The van der Waals surface area contributed by atoms with E-state index in [1.165, 1.54) is 19.3 Å². The minimum absolute atomic E-state index is 0.132. The van der Waals surface area contributed by atoms with E-state index in [1.807, 2.05) is 0 Å². The third kappa shape index (κ3) is 4.60. The first kappa shape index (κ1) is 13.1. The zero-order chi connectivity index (χ0) is 12.9. The molecule has 0 fully saturated rings. The monoisotopic (exact) mass is 238 g/mol. The summed E-state index contributed by atoms with van der Waals surface area (Å²) in [6.45, 7) is 1.22. The minimum atomic E-state index is -1.47. The zero-order valence-electron chi connectivity index (χ0n) is 9.38. The maximum atomic E-state index is 11.6. The maximum Gasteiger partial charge on any atom is 0.306 e. The van der Waals surface area contributed by atoms with E-state index in [2.05, 4.69) is 10.3 Å². The molecule has 1 heterocycles. The number of rotatable bonds is 5. The second-order valence-electron chi connectivity index (χ2n) is 3.99. The van der Waals surface area contributed by atoms with Crippen molar-refractivity contribution in [2.75, 3.05) is 6.54 Å². The summed E-state index contributed by atoms with van der Waals surface area (Å²) < 4.78 is 0. The molecule has 6 heteroatoms. The van der Waals surface area contributed by atoms with E-state index in [4.69, 9.17) is 5.11 Å². The summed E-state index contributed by atoms with van der Waals surface area (Å²) in [5.41, 5.74) is -1.11. The molecule has 3 N–H and O–H groups in total. The number of pyridine rings is 1. The molecular formula is C11H14N2O4. The Kier molecular flexibility index (Phi) is 4.17. The van der Waals surface area contributed by atoms with Crippen LogP contribution in [0.3, 0.4) is 0 Å².